The lowest BCUT2D eigenvalue weighted by molar-refractivity contribution is -0.385. The monoisotopic (exact) mass is 327 g/mol. The lowest BCUT2D eigenvalue weighted by atomic mass is 9.98. The molecule has 1 saturated carbocycles. The standard InChI is InChI=1S/C18H21N3O3/c1-12(2)16-8-7-13(10-17(16)21(23)24)9-14(11-19)18(22)20-15-5-3-4-6-15/h7-10,12,15H,3-6H2,1-2H3,(H,20,22)/b14-9+. The molecule has 1 amide bonds. The summed E-state index contributed by atoms with van der Waals surface area (Å²) >= 11 is 0. The Morgan fingerprint density at radius 3 is 2.62 bits per heavy atom. The number of hydrogen-bond donors (Lipinski definition) is 1. The molecule has 1 aromatic carbocycles. The van der Waals surface area contributed by atoms with Crippen molar-refractivity contribution in [3.63, 3.8) is 0 Å². The fourth-order valence-electron chi connectivity index (χ4n) is 2.95. The molecule has 0 unspecified atom stereocenters. The van der Waals surface area contributed by atoms with E-state index in [9.17, 15) is 20.2 Å². The predicted octanol–water partition coefficient (Wildman–Crippen LogP) is 3.68. The van der Waals surface area contributed by atoms with Gasteiger partial charge in [-0.15, -0.1) is 0 Å². The highest BCUT2D eigenvalue weighted by Gasteiger charge is 2.20. The average Bonchev–Trinajstić information content (AvgIpc) is 3.04. The largest absolute Gasteiger partial charge is 0.349 e. The van der Waals surface area contributed by atoms with Gasteiger partial charge in [-0.3, -0.25) is 14.9 Å². The highest BCUT2D eigenvalue weighted by atomic mass is 16.6. The first kappa shape index (κ1) is 17.7. The number of hydrogen-bond acceptors (Lipinski definition) is 4. The van der Waals surface area contributed by atoms with Gasteiger partial charge in [-0.1, -0.05) is 38.8 Å². The molecule has 1 N–H and O–H groups in total. The van der Waals surface area contributed by atoms with Crippen LogP contribution in [-0.2, 0) is 4.79 Å². The third kappa shape index (κ3) is 4.19. The third-order valence-electron chi connectivity index (χ3n) is 4.24. The molecular weight excluding hydrogens is 306 g/mol. The molecule has 0 bridgehead atoms. The van der Waals surface area contributed by atoms with Gasteiger partial charge in [0.15, 0.2) is 0 Å². The minimum atomic E-state index is -0.433. The summed E-state index contributed by atoms with van der Waals surface area (Å²) in [6.45, 7) is 3.77. The summed E-state index contributed by atoms with van der Waals surface area (Å²) in [7, 11) is 0. The first-order chi connectivity index (χ1) is 11.4. The quantitative estimate of drug-likeness (QED) is 0.386. The summed E-state index contributed by atoms with van der Waals surface area (Å²) in [4.78, 5) is 23.0. The summed E-state index contributed by atoms with van der Waals surface area (Å²) in [6, 6.07) is 6.80. The molecule has 6 nitrogen and oxygen atoms in total. The molecule has 0 radical (unpaired) electrons. The molecular formula is C18H21N3O3. The maximum atomic E-state index is 12.2. The Bertz CT molecular complexity index is 711. The Morgan fingerprint density at radius 1 is 1.42 bits per heavy atom. The maximum absolute atomic E-state index is 12.2. The fourth-order valence-corrected chi connectivity index (χ4v) is 2.95. The summed E-state index contributed by atoms with van der Waals surface area (Å²) in [5, 5.41) is 23.3. The van der Waals surface area contributed by atoms with Crippen molar-refractivity contribution in [1.82, 2.24) is 5.32 Å². The van der Waals surface area contributed by atoms with E-state index in [0.29, 0.717) is 11.1 Å². The van der Waals surface area contributed by atoms with Gasteiger partial charge in [0.1, 0.15) is 11.6 Å². The summed E-state index contributed by atoms with van der Waals surface area (Å²) in [6.07, 6.45) is 5.43. The molecule has 1 aliphatic carbocycles. The lowest BCUT2D eigenvalue weighted by Gasteiger charge is -2.11. The third-order valence-corrected chi connectivity index (χ3v) is 4.24. The second-order valence-corrected chi connectivity index (χ2v) is 6.35. The van der Waals surface area contributed by atoms with Crippen LogP contribution in [0.1, 0.15) is 56.6 Å². The zero-order chi connectivity index (χ0) is 17.7. The molecule has 1 fully saturated rings. The van der Waals surface area contributed by atoms with Gasteiger partial charge >= 0.3 is 0 Å². The van der Waals surface area contributed by atoms with Crippen LogP contribution in [0.5, 0.6) is 0 Å². The molecule has 24 heavy (non-hydrogen) atoms. The van der Waals surface area contributed by atoms with Crippen LogP contribution in [-0.4, -0.2) is 16.9 Å². The van der Waals surface area contributed by atoms with Crippen LogP contribution in [0.3, 0.4) is 0 Å². The summed E-state index contributed by atoms with van der Waals surface area (Å²) in [5.41, 5.74) is 1.08. The van der Waals surface area contributed by atoms with Crippen molar-refractivity contribution in [3.05, 3.63) is 45.0 Å². The van der Waals surface area contributed by atoms with Crippen molar-refractivity contribution < 1.29 is 9.72 Å². The second kappa shape index (κ2) is 7.73. The molecule has 0 atom stereocenters. The van der Waals surface area contributed by atoms with Gasteiger partial charge in [-0.25, -0.2) is 0 Å². The Labute approximate surface area is 141 Å². The Balaban J connectivity index is 2.26. The van der Waals surface area contributed by atoms with E-state index >= 15 is 0 Å². The van der Waals surface area contributed by atoms with E-state index in [1.165, 1.54) is 12.1 Å². The van der Waals surface area contributed by atoms with Crippen LogP contribution in [0, 0.1) is 21.4 Å². The van der Waals surface area contributed by atoms with Gasteiger partial charge in [0.2, 0.25) is 0 Å². The normalized spacial score (nSPS) is 15.3. The number of nitrogens with zero attached hydrogens (tertiary/aromatic N) is 2. The van der Waals surface area contributed by atoms with Crippen LogP contribution in [0.25, 0.3) is 6.08 Å². The van der Waals surface area contributed by atoms with E-state index < -0.39 is 10.8 Å². The summed E-state index contributed by atoms with van der Waals surface area (Å²) < 4.78 is 0. The molecule has 2 rings (SSSR count). The smallest absolute Gasteiger partial charge is 0.273 e. The highest BCUT2D eigenvalue weighted by Crippen LogP contribution is 2.28. The van der Waals surface area contributed by atoms with Crippen molar-refractivity contribution in [3.8, 4) is 6.07 Å². The Morgan fingerprint density at radius 2 is 2.08 bits per heavy atom. The molecule has 6 heteroatoms. The minimum absolute atomic E-state index is 0.00670. The van der Waals surface area contributed by atoms with Gasteiger partial charge in [-0.2, -0.15) is 5.26 Å². The zero-order valence-electron chi connectivity index (χ0n) is 13.9. The van der Waals surface area contributed by atoms with Gasteiger partial charge in [-0.05, 0) is 30.4 Å². The van der Waals surface area contributed by atoms with Gasteiger partial charge in [0.05, 0.1) is 4.92 Å². The van der Waals surface area contributed by atoms with E-state index in [1.54, 1.807) is 12.1 Å². The first-order valence-corrected chi connectivity index (χ1v) is 8.13. The lowest BCUT2D eigenvalue weighted by Crippen LogP contribution is -2.33. The molecule has 0 aromatic heterocycles. The predicted molar refractivity (Wildman–Crippen MR) is 91.2 cm³/mol. The molecule has 1 aliphatic rings. The number of rotatable bonds is 5. The van der Waals surface area contributed by atoms with Gasteiger partial charge in [0, 0.05) is 17.7 Å². The van der Waals surface area contributed by atoms with E-state index in [0.717, 1.165) is 25.7 Å². The molecule has 0 spiro atoms. The van der Waals surface area contributed by atoms with Crippen LogP contribution in [0.15, 0.2) is 23.8 Å². The second-order valence-electron chi connectivity index (χ2n) is 6.35. The number of amides is 1. The van der Waals surface area contributed by atoms with Gasteiger partial charge in [0.25, 0.3) is 11.6 Å². The molecule has 0 heterocycles. The van der Waals surface area contributed by atoms with Crippen LogP contribution in [0.2, 0.25) is 0 Å². The SMILES string of the molecule is CC(C)c1ccc(/C=C(\C#N)C(=O)NC2CCCC2)cc1[N+](=O)[O-]. The zero-order valence-corrected chi connectivity index (χ0v) is 13.9. The van der Waals surface area contributed by atoms with Crippen LogP contribution in [0.4, 0.5) is 5.69 Å². The number of nitro benzene ring substituents is 1. The Kier molecular flexibility index (Phi) is 5.69. The highest BCUT2D eigenvalue weighted by molar-refractivity contribution is 6.01. The van der Waals surface area contributed by atoms with Gasteiger partial charge < -0.3 is 5.32 Å². The molecule has 126 valence electrons. The molecule has 0 aliphatic heterocycles. The molecule has 1 aromatic rings. The van der Waals surface area contributed by atoms with E-state index in [4.69, 9.17) is 0 Å². The average molecular weight is 327 g/mol. The van der Waals surface area contributed by atoms with Crippen molar-refractivity contribution in [2.45, 2.75) is 51.5 Å². The number of benzene rings is 1. The minimum Gasteiger partial charge on any atom is -0.349 e. The first-order valence-electron chi connectivity index (χ1n) is 8.13. The number of nitriles is 1. The number of nitro groups is 1. The van der Waals surface area contributed by atoms with E-state index in [2.05, 4.69) is 5.32 Å². The van der Waals surface area contributed by atoms with Crippen molar-refractivity contribution in [1.29, 1.82) is 5.26 Å². The van der Waals surface area contributed by atoms with Crippen molar-refractivity contribution in [2.24, 2.45) is 0 Å². The van der Waals surface area contributed by atoms with Crippen LogP contribution < -0.4 is 5.32 Å². The number of carbonyl (C=O) groups is 1. The number of carbonyl (C=O) groups excluding carboxylic acids is 1. The number of nitrogens with one attached hydrogen (secondary N) is 1. The van der Waals surface area contributed by atoms with E-state index in [-0.39, 0.29) is 23.2 Å². The topological polar surface area (TPSA) is 96.0 Å². The fraction of sp³-hybridized carbons (Fsp3) is 0.444. The molecule has 0 saturated heterocycles. The Hall–Kier alpha value is -2.68. The maximum Gasteiger partial charge on any atom is 0.273 e. The summed E-state index contributed by atoms with van der Waals surface area (Å²) in [5.74, 6) is -0.399. The van der Waals surface area contributed by atoms with Crippen LogP contribution >= 0.6 is 0 Å². The van der Waals surface area contributed by atoms with E-state index in [1.807, 2.05) is 19.9 Å². The van der Waals surface area contributed by atoms with Crippen molar-refractivity contribution in [2.75, 3.05) is 0 Å². The van der Waals surface area contributed by atoms with Crippen molar-refractivity contribution >= 4 is 17.7 Å².